The first-order valence-electron chi connectivity index (χ1n) is 5.62. The molecule has 1 aliphatic carbocycles. The van der Waals surface area contributed by atoms with E-state index in [1.54, 1.807) is 7.05 Å². The van der Waals surface area contributed by atoms with Crippen molar-refractivity contribution in [1.82, 2.24) is 9.78 Å². The molecule has 0 aliphatic heterocycles. The summed E-state index contributed by atoms with van der Waals surface area (Å²) in [6.07, 6.45) is 3.37. The number of aryl methyl sites for hydroxylation is 1. The van der Waals surface area contributed by atoms with Crippen LogP contribution in [0.5, 0.6) is 0 Å². The van der Waals surface area contributed by atoms with Gasteiger partial charge in [0.2, 0.25) is 5.82 Å². The molecule has 0 aromatic carbocycles. The predicted molar refractivity (Wildman–Crippen MR) is 62.4 cm³/mol. The fraction of sp³-hybridized carbons (Fsp3) is 0.600. The van der Waals surface area contributed by atoms with Crippen LogP contribution in [0.1, 0.15) is 12.8 Å². The first kappa shape index (κ1) is 12.3. The van der Waals surface area contributed by atoms with Crippen LogP contribution in [-0.4, -0.2) is 38.9 Å². The van der Waals surface area contributed by atoms with Gasteiger partial charge in [-0.05, 0) is 18.8 Å². The molecular weight excluding hydrogens is 240 g/mol. The Bertz CT molecular complexity index is 480. The number of hydrogen-bond donors (Lipinski definition) is 1. The average Bonchev–Trinajstić information content (AvgIpc) is 2.97. The van der Waals surface area contributed by atoms with Crippen LogP contribution in [0.4, 0.5) is 11.5 Å². The van der Waals surface area contributed by atoms with E-state index in [0.717, 1.165) is 12.8 Å². The van der Waals surface area contributed by atoms with Gasteiger partial charge in [-0.15, -0.1) is 5.10 Å². The van der Waals surface area contributed by atoms with Crippen LogP contribution in [0.3, 0.4) is 0 Å². The van der Waals surface area contributed by atoms with Gasteiger partial charge in [0.25, 0.3) is 0 Å². The zero-order valence-electron chi connectivity index (χ0n) is 9.94. The van der Waals surface area contributed by atoms with E-state index in [1.165, 1.54) is 15.8 Å². The third kappa shape index (κ3) is 2.76. The Hall–Kier alpha value is -2.12. The lowest BCUT2D eigenvalue weighted by Crippen LogP contribution is -2.32. The number of carboxylic acids is 1. The van der Waals surface area contributed by atoms with Crippen molar-refractivity contribution in [1.29, 1.82) is 0 Å². The minimum absolute atomic E-state index is 0.136. The van der Waals surface area contributed by atoms with E-state index in [9.17, 15) is 14.9 Å². The summed E-state index contributed by atoms with van der Waals surface area (Å²) in [6, 6.07) is 0. The molecule has 1 saturated carbocycles. The lowest BCUT2D eigenvalue weighted by atomic mass is 10.3. The smallest absolute Gasteiger partial charge is 0.330 e. The van der Waals surface area contributed by atoms with Gasteiger partial charge in [-0.1, -0.05) is 0 Å². The second kappa shape index (κ2) is 4.63. The van der Waals surface area contributed by atoms with E-state index in [1.807, 2.05) is 0 Å². The van der Waals surface area contributed by atoms with E-state index in [2.05, 4.69) is 5.10 Å². The number of aliphatic carboxylic acids is 1. The third-order valence-corrected chi connectivity index (χ3v) is 2.79. The van der Waals surface area contributed by atoms with Gasteiger partial charge >= 0.3 is 11.7 Å². The van der Waals surface area contributed by atoms with Crippen LogP contribution in [0.25, 0.3) is 0 Å². The molecule has 1 aromatic rings. The Morgan fingerprint density at radius 3 is 2.89 bits per heavy atom. The zero-order valence-corrected chi connectivity index (χ0v) is 9.94. The van der Waals surface area contributed by atoms with Gasteiger partial charge in [0, 0.05) is 13.6 Å². The predicted octanol–water partition coefficient (Wildman–Crippen LogP) is 0.629. The molecule has 0 unspecified atom stereocenters. The van der Waals surface area contributed by atoms with Crippen molar-refractivity contribution >= 4 is 17.5 Å². The maximum atomic E-state index is 10.9. The monoisotopic (exact) mass is 254 g/mol. The Labute approximate surface area is 103 Å². The Balaban J connectivity index is 2.27. The highest BCUT2D eigenvalue weighted by Gasteiger charge is 2.31. The van der Waals surface area contributed by atoms with Crippen LogP contribution in [-0.2, 0) is 11.8 Å². The van der Waals surface area contributed by atoms with E-state index in [0.29, 0.717) is 12.5 Å². The summed E-state index contributed by atoms with van der Waals surface area (Å²) < 4.78 is 1.33. The van der Waals surface area contributed by atoms with Crippen molar-refractivity contribution in [3.05, 3.63) is 16.3 Å². The summed E-state index contributed by atoms with van der Waals surface area (Å²) in [7, 11) is 1.58. The molecule has 1 aliphatic rings. The lowest BCUT2D eigenvalue weighted by Gasteiger charge is -2.19. The van der Waals surface area contributed by atoms with Crippen LogP contribution < -0.4 is 4.90 Å². The second-order valence-electron chi connectivity index (χ2n) is 4.49. The lowest BCUT2D eigenvalue weighted by molar-refractivity contribution is -0.384. The summed E-state index contributed by atoms with van der Waals surface area (Å²) in [5.41, 5.74) is -0.153. The van der Waals surface area contributed by atoms with Gasteiger partial charge in [-0.25, -0.2) is 0 Å². The molecule has 0 bridgehead atoms. The topological polar surface area (TPSA) is 102 Å². The van der Waals surface area contributed by atoms with Gasteiger partial charge in [0.15, 0.2) is 0 Å². The number of hydrogen-bond acceptors (Lipinski definition) is 5. The molecule has 1 fully saturated rings. The molecule has 8 heteroatoms. The van der Waals surface area contributed by atoms with E-state index >= 15 is 0 Å². The van der Waals surface area contributed by atoms with Gasteiger partial charge in [-0.2, -0.15) is 0 Å². The molecule has 0 spiro atoms. The van der Waals surface area contributed by atoms with Crippen molar-refractivity contribution in [2.24, 2.45) is 13.0 Å². The van der Waals surface area contributed by atoms with Gasteiger partial charge in [0.05, 0.1) is 4.92 Å². The van der Waals surface area contributed by atoms with E-state index in [-0.39, 0.29) is 18.1 Å². The van der Waals surface area contributed by atoms with Crippen molar-refractivity contribution in [3.63, 3.8) is 0 Å². The number of rotatable bonds is 6. The highest BCUT2D eigenvalue weighted by Crippen LogP contribution is 2.33. The first-order valence-corrected chi connectivity index (χ1v) is 5.62. The minimum Gasteiger partial charge on any atom is -0.480 e. The van der Waals surface area contributed by atoms with Crippen LogP contribution in [0.2, 0.25) is 0 Å². The zero-order chi connectivity index (χ0) is 13.3. The first-order chi connectivity index (χ1) is 8.47. The van der Waals surface area contributed by atoms with Crippen molar-refractivity contribution < 1.29 is 14.8 Å². The minimum atomic E-state index is -1.02. The van der Waals surface area contributed by atoms with Gasteiger partial charge in [0.1, 0.15) is 12.7 Å². The maximum Gasteiger partial charge on any atom is 0.330 e. The number of nitro groups is 1. The molecule has 18 heavy (non-hydrogen) atoms. The highest BCUT2D eigenvalue weighted by atomic mass is 16.6. The second-order valence-corrected chi connectivity index (χ2v) is 4.49. The standard InChI is InChI=1S/C10H14N4O4/c1-12-5-8(14(17)18)10(11-12)13(6-9(15)16)4-7-2-3-7/h5,7H,2-4,6H2,1H3,(H,15,16). The summed E-state index contributed by atoms with van der Waals surface area (Å²) in [5.74, 6) is -0.460. The summed E-state index contributed by atoms with van der Waals surface area (Å²) in [5, 5.41) is 23.8. The average molecular weight is 254 g/mol. The largest absolute Gasteiger partial charge is 0.480 e. The van der Waals surface area contributed by atoms with Gasteiger partial charge < -0.3 is 10.0 Å². The molecule has 0 radical (unpaired) electrons. The molecule has 98 valence electrons. The number of carbonyl (C=O) groups is 1. The Morgan fingerprint density at radius 2 is 2.39 bits per heavy atom. The molecular formula is C10H14N4O4. The van der Waals surface area contributed by atoms with Crippen LogP contribution in [0.15, 0.2) is 6.20 Å². The Kier molecular flexibility index (Phi) is 3.17. The van der Waals surface area contributed by atoms with Crippen LogP contribution in [0, 0.1) is 16.0 Å². The van der Waals surface area contributed by atoms with E-state index < -0.39 is 10.9 Å². The number of aromatic nitrogens is 2. The quantitative estimate of drug-likeness (QED) is 0.590. The number of carboxylic acid groups (broad SMARTS) is 1. The van der Waals surface area contributed by atoms with Crippen molar-refractivity contribution in [2.45, 2.75) is 12.8 Å². The summed E-state index contributed by atoms with van der Waals surface area (Å²) >= 11 is 0. The molecule has 2 rings (SSSR count). The third-order valence-electron chi connectivity index (χ3n) is 2.79. The van der Waals surface area contributed by atoms with E-state index in [4.69, 9.17) is 5.11 Å². The normalized spacial score (nSPS) is 14.5. The van der Waals surface area contributed by atoms with Crippen molar-refractivity contribution in [2.75, 3.05) is 18.0 Å². The molecule has 0 saturated heterocycles. The van der Waals surface area contributed by atoms with Crippen LogP contribution >= 0.6 is 0 Å². The summed E-state index contributed by atoms with van der Waals surface area (Å²) in [6.45, 7) is 0.235. The Morgan fingerprint density at radius 1 is 1.72 bits per heavy atom. The molecule has 1 aromatic heterocycles. The maximum absolute atomic E-state index is 10.9. The SMILES string of the molecule is Cn1cc([N+](=O)[O-])c(N(CC(=O)O)CC2CC2)n1. The number of anilines is 1. The molecule has 1 N–H and O–H groups in total. The highest BCUT2D eigenvalue weighted by molar-refractivity contribution is 5.74. The molecule has 8 nitrogen and oxygen atoms in total. The molecule has 0 atom stereocenters. The number of nitrogens with zero attached hydrogens (tertiary/aromatic N) is 4. The molecule has 1 heterocycles. The fourth-order valence-corrected chi connectivity index (χ4v) is 1.82. The summed E-state index contributed by atoms with van der Waals surface area (Å²) in [4.78, 5) is 22.7. The fourth-order valence-electron chi connectivity index (χ4n) is 1.82. The van der Waals surface area contributed by atoms with Crippen molar-refractivity contribution in [3.8, 4) is 0 Å². The van der Waals surface area contributed by atoms with Gasteiger partial charge in [-0.3, -0.25) is 19.6 Å². The molecule has 0 amide bonds.